The molecule has 2 N–H and O–H groups in total. The number of rotatable bonds is 4. The van der Waals surface area contributed by atoms with Gasteiger partial charge in [-0.15, -0.1) is 0 Å². The van der Waals surface area contributed by atoms with E-state index in [1.54, 1.807) is 7.11 Å². The van der Waals surface area contributed by atoms with Crippen LogP contribution in [0.4, 0.5) is 5.69 Å². The van der Waals surface area contributed by atoms with Gasteiger partial charge in [0.2, 0.25) is 0 Å². The molecule has 2 rings (SSSR count). The molecule has 0 aliphatic carbocycles. The summed E-state index contributed by atoms with van der Waals surface area (Å²) in [6.45, 7) is 3.26. The summed E-state index contributed by atoms with van der Waals surface area (Å²) in [6.07, 6.45) is 2.47. The number of nitrogens with zero attached hydrogens (tertiary/aromatic N) is 2. The fourth-order valence-corrected chi connectivity index (χ4v) is 2.76. The number of ether oxygens (including phenoxy) is 1. The van der Waals surface area contributed by atoms with Crippen LogP contribution in [0.5, 0.6) is 5.75 Å². The van der Waals surface area contributed by atoms with Gasteiger partial charge in [-0.2, -0.15) is 0 Å². The summed E-state index contributed by atoms with van der Waals surface area (Å²) in [5.41, 5.74) is 7.84. The number of likely N-dealkylation sites (tertiary alicyclic amines) is 1. The highest BCUT2D eigenvalue weighted by molar-refractivity contribution is 5.47. The van der Waals surface area contributed by atoms with Crippen LogP contribution in [-0.4, -0.2) is 50.1 Å². The van der Waals surface area contributed by atoms with Gasteiger partial charge in [0.1, 0.15) is 5.75 Å². The van der Waals surface area contributed by atoms with Crippen LogP contribution in [0.1, 0.15) is 18.4 Å². The van der Waals surface area contributed by atoms with Crippen LogP contribution in [0.2, 0.25) is 0 Å². The van der Waals surface area contributed by atoms with Crippen molar-refractivity contribution in [2.45, 2.75) is 25.4 Å². The first kappa shape index (κ1) is 14.2. The van der Waals surface area contributed by atoms with E-state index < -0.39 is 0 Å². The van der Waals surface area contributed by atoms with E-state index in [9.17, 15) is 0 Å². The minimum Gasteiger partial charge on any atom is -0.496 e. The van der Waals surface area contributed by atoms with Gasteiger partial charge in [0, 0.05) is 23.8 Å². The summed E-state index contributed by atoms with van der Waals surface area (Å²) in [4.78, 5) is 4.82. The molecule has 0 amide bonds. The third-order valence-electron chi connectivity index (χ3n) is 4.04. The number of piperidine rings is 1. The highest BCUT2D eigenvalue weighted by Crippen LogP contribution is 2.24. The lowest BCUT2D eigenvalue weighted by Gasteiger charge is -2.35. The van der Waals surface area contributed by atoms with E-state index in [4.69, 9.17) is 10.5 Å². The van der Waals surface area contributed by atoms with Crippen molar-refractivity contribution in [3.05, 3.63) is 23.8 Å². The van der Waals surface area contributed by atoms with Gasteiger partial charge in [0.05, 0.1) is 7.11 Å². The maximum atomic E-state index is 5.87. The predicted octanol–water partition coefficient (Wildman–Crippen LogP) is 1.80. The fraction of sp³-hybridized carbons (Fsp3) is 0.600. The molecule has 0 aromatic heterocycles. The second-order valence-corrected chi connectivity index (χ2v) is 5.52. The SMILES string of the molecule is COc1ccc(N)cc1CN(C)C1CCN(C)CC1. The lowest BCUT2D eigenvalue weighted by atomic mass is 10.0. The Morgan fingerprint density at radius 2 is 2.05 bits per heavy atom. The molecule has 1 aromatic rings. The zero-order chi connectivity index (χ0) is 13.8. The van der Waals surface area contributed by atoms with Crippen molar-refractivity contribution < 1.29 is 4.74 Å². The van der Waals surface area contributed by atoms with Crippen molar-refractivity contribution in [3.8, 4) is 5.75 Å². The van der Waals surface area contributed by atoms with Crippen LogP contribution in [0.3, 0.4) is 0 Å². The number of hydrogen-bond acceptors (Lipinski definition) is 4. The molecule has 1 aromatic carbocycles. The minimum absolute atomic E-state index is 0.655. The first-order chi connectivity index (χ1) is 9.10. The van der Waals surface area contributed by atoms with Crippen LogP contribution in [0.25, 0.3) is 0 Å². The molecule has 0 saturated carbocycles. The maximum absolute atomic E-state index is 5.87. The smallest absolute Gasteiger partial charge is 0.123 e. The van der Waals surface area contributed by atoms with Crippen LogP contribution < -0.4 is 10.5 Å². The van der Waals surface area contributed by atoms with E-state index in [2.05, 4.69) is 23.9 Å². The molecular weight excluding hydrogens is 238 g/mol. The molecule has 0 radical (unpaired) electrons. The first-order valence-corrected chi connectivity index (χ1v) is 6.91. The molecule has 0 unspecified atom stereocenters. The van der Waals surface area contributed by atoms with Crippen molar-refractivity contribution in [3.63, 3.8) is 0 Å². The number of anilines is 1. The average molecular weight is 263 g/mol. The molecule has 106 valence electrons. The van der Waals surface area contributed by atoms with Crippen molar-refractivity contribution in [2.75, 3.05) is 40.0 Å². The second-order valence-electron chi connectivity index (χ2n) is 5.52. The quantitative estimate of drug-likeness (QED) is 0.841. The molecule has 19 heavy (non-hydrogen) atoms. The summed E-state index contributed by atoms with van der Waals surface area (Å²) in [7, 11) is 6.10. The van der Waals surface area contributed by atoms with Gasteiger partial charge in [-0.1, -0.05) is 0 Å². The fourth-order valence-electron chi connectivity index (χ4n) is 2.76. The van der Waals surface area contributed by atoms with Gasteiger partial charge in [-0.25, -0.2) is 0 Å². The monoisotopic (exact) mass is 263 g/mol. The van der Waals surface area contributed by atoms with Crippen LogP contribution in [-0.2, 0) is 6.54 Å². The van der Waals surface area contributed by atoms with Crippen molar-refractivity contribution >= 4 is 5.69 Å². The summed E-state index contributed by atoms with van der Waals surface area (Å²) in [6, 6.07) is 6.51. The Bertz CT molecular complexity index is 414. The maximum Gasteiger partial charge on any atom is 0.123 e. The standard InChI is InChI=1S/C15H25N3O/c1-17-8-6-14(7-9-17)18(2)11-12-10-13(16)4-5-15(12)19-3/h4-5,10,14H,6-9,11,16H2,1-3H3. The Morgan fingerprint density at radius 1 is 1.37 bits per heavy atom. The highest BCUT2D eigenvalue weighted by Gasteiger charge is 2.21. The Balaban J connectivity index is 2.02. The zero-order valence-electron chi connectivity index (χ0n) is 12.2. The third kappa shape index (κ3) is 3.61. The molecule has 0 atom stereocenters. The van der Waals surface area contributed by atoms with Crippen molar-refractivity contribution in [1.29, 1.82) is 0 Å². The summed E-state index contributed by atoms with van der Waals surface area (Å²) in [5.74, 6) is 0.925. The molecule has 1 saturated heterocycles. The van der Waals surface area contributed by atoms with Gasteiger partial charge in [-0.05, 0) is 58.2 Å². The van der Waals surface area contributed by atoms with Crippen LogP contribution >= 0.6 is 0 Å². The van der Waals surface area contributed by atoms with E-state index in [1.165, 1.54) is 31.5 Å². The highest BCUT2D eigenvalue weighted by atomic mass is 16.5. The molecular formula is C15H25N3O. The molecule has 4 nitrogen and oxygen atoms in total. The topological polar surface area (TPSA) is 41.7 Å². The molecule has 4 heteroatoms. The van der Waals surface area contributed by atoms with Gasteiger partial charge < -0.3 is 15.4 Å². The van der Waals surface area contributed by atoms with E-state index in [0.717, 1.165) is 18.0 Å². The Hall–Kier alpha value is -1.26. The van der Waals surface area contributed by atoms with Gasteiger partial charge in [0.15, 0.2) is 0 Å². The third-order valence-corrected chi connectivity index (χ3v) is 4.04. The number of nitrogens with two attached hydrogens (primary N) is 1. The molecule has 1 aliphatic rings. The molecule has 0 spiro atoms. The number of hydrogen-bond donors (Lipinski definition) is 1. The summed E-state index contributed by atoms with van der Waals surface area (Å²) < 4.78 is 5.42. The Morgan fingerprint density at radius 3 is 2.68 bits per heavy atom. The normalized spacial score (nSPS) is 17.9. The van der Waals surface area contributed by atoms with E-state index >= 15 is 0 Å². The summed E-state index contributed by atoms with van der Waals surface area (Å²) in [5, 5.41) is 0. The minimum atomic E-state index is 0.655. The first-order valence-electron chi connectivity index (χ1n) is 6.91. The Labute approximate surface area is 116 Å². The van der Waals surface area contributed by atoms with Crippen LogP contribution in [0.15, 0.2) is 18.2 Å². The van der Waals surface area contributed by atoms with E-state index in [-0.39, 0.29) is 0 Å². The molecule has 1 aliphatic heterocycles. The van der Waals surface area contributed by atoms with Crippen LogP contribution in [0, 0.1) is 0 Å². The van der Waals surface area contributed by atoms with E-state index in [1.807, 2.05) is 18.2 Å². The average Bonchev–Trinajstić information content (AvgIpc) is 2.39. The van der Waals surface area contributed by atoms with E-state index in [0.29, 0.717) is 6.04 Å². The second kappa shape index (κ2) is 6.26. The number of methoxy groups -OCH3 is 1. The molecule has 0 bridgehead atoms. The predicted molar refractivity (Wildman–Crippen MR) is 79.4 cm³/mol. The van der Waals surface area contributed by atoms with Gasteiger partial charge in [0.25, 0.3) is 0 Å². The van der Waals surface area contributed by atoms with Gasteiger partial charge in [-0.3, -0.25) is 4.90 Å². The Kier molecular flexibility index (Phi) is 4.66. The van der Waals surface area contributed by atoms with Crippen molar-refractivity contribution in [1.82, 2.24) is 9.80 Å². The lowest BCUT2D eigenvalue weighted by Crippen LogP contribution is -2.41. The lowest BCUT2D eigenvalue weighted by molar-refractivity contribution is 0.138. The molecule has 1 heterocycles. The largest absolute Gasteiger partial charge is 0.496 e. The van der Waals surface area contributed by atoms with Crippen molar-refractivity contribution in [2.24, 2.45) is 0 Å². The number of benzene rings is 1. The number of nitrogen functional groups attached to an aromatic ring is 1. The molecule has 1 fully saturated rings. The summed E-state index contributed by atoms with van der Waals surface area (Å²) >= 11 is 0. The zero-order valence-corrected chi connectivity index (χ0v) is 12.2. The van der Waals surface area contributed by atoms with Gasteiger partial charge >= 0.3 is 0 Å².